The molecule has 29 heavy (non-hydrogen) atoms. The zero-order chi connectivity index (χ0) is 20.2. The summed E-state index contributed by atoms with van der Waals surface area (Å²) < 4.78 is 16.5. The van der Waals surface area contributed by atoms with Crippen LogP contribution in [0.3, 0.4) is 0 Å². The number of hydrogen-bond acceptors (Lipinski definition) is 8. The summed E-state index contributed by atoms with van der Waals surface area (Å²) in [7, 11) is 3.10. The van der Waals surface area contributed by atoms with Gasteiger partial charge < -0.3 is 18.8 Å². The van der Waals surface area contributed by atoms with Crippen molar-refractivity contribution in [3.8, 4) is 23.1 Å². The highest BCUT2D eigenvalue weighted by Gasteiger charge is 2.34. The van der Waals surface area contributed by atoms with E-state index in [4.69, 9.17) is 13.9 Å². The van der Waals surface area contributed by atoms with Gasteiger partial charge in [0.15, 0.2) is 0 Å². The van der Waals surface area contributed by atoms with E-state index in [1.165, 1.54) is 7.11 Å². The summed E-state index contributed by atoms with van der Waals surface area (Å²) in [6, 6.07) is 4.86. The molecular weight excluding hydrogens is 374 g/mol. The molecule has 0 saturated carbocycles. The van der Waals surface area contributed by atoms with Crippen LogP contribution in [0.1, 0.15) is 41.6 Å². The number of methoxy groups -OCH3 is 2. The Labute approximate surface area is 167 Å². The molecule has 150 valence electrons. The average Bonchev–Trinajstić information content (AvgIpc) is 3.29. The average molecular weight is 395 g/mol. The van der Waals surface area contributed by atoms with Crippen LogP contribution in [0.2, 0.25) is 0 Å². The van der Waals surface area contributed by atoms with E-state index >= 15 is 0 Å². The Morgan fingerprint density at radius 1 is 1.17 bits per heavy atom. The van der Waals surface area contributed by atoms with Gasteiger partial charge >= 0.3 is 0 Å². The molecule has 1 aromatic carbocycles. The van der Waals surface area contributed by atoms with Crippen molar-refractivity contribution in [1.29, 1.82) is 0 Å². The molecule has 0 bridgehead atoms. The van der Waals surface area contributed by atoms with Gasteiger partial charge in [0, 0.05) is 18.9 Å². The number of ether oxygens (including phenoxy) is 2. The number of carbonyl (C=O) groups excluding carboxylic acids is 1. The lowest BCUT2D eigenvalue weighted by Gasteiger charge is -2.33. The number of likely N-dealkylation sites (tertiary alicyclic amines) is 1. The predicted molar refractivity (Wildman–Crippen MR) is 102 cm³/mol. The van der Waals surface area contributed by atoms with Gasteiger partial charge in [0.2, 0.25) is 5.89 Å². The number of aromatic nitrogens is 4. The van der Waals surface area contributed by atoms with Crippen LogP contribution in [-0.2, 0) is 0 Å². The molecule has 2 aromatic heterocycles. The van der Waals surface area contributed by atoms with Crippen molar-refractivity contribution in [2.45, 2.75) is 25.3 Å². The molecule has 0 spiro atoms. The predicted octanol–water partition coefficient (Wildman–Crippen LogP) is 2.91. The van der Waals surface area contributed by atoms with Gasteiger partial charge in [-0.1, -0.05) is 0 Å². The fourth-order valence-electron chi connectivity index (χ4n) is 3.45. The first kappa shape index (κ1) is 18.9. The summed E-state index contributed by atoms with van der Waals surface area (Å²) >= 11 is 0. The molecule has 9 nitrogen and oxygen atoms in total. The first-order valence-electron chi connectivity index (χ1n) is 9.34. The highest BCUT2D eigenvalue weighted by molar-refractivity contribution is 5.97. The van der Waals surface area contributed by atoms with Crippen LogP contribution in [-0.4, -0.2) is 51.7 Å². The smallest absolute Gasteiger partial charge is 0.267 e. The first-order valence-corrected chi connectivity index (χ1v) is 9.34. The van der Waals surface area contributed by atoms with Gasteiger partial charge in [-0.2, -0.15) is 0 Å². The van der Waals surface area contributed by atoms with Crippen molar-refractivity contribution in [3.63, 3.8) is 0 Å². The van der Waals surface area contributed by atoms with Crippen LogP contribution in [0.15, 0.2) is 41.2 Å². The van der Waals surface area contributed by atoms with E-state index in [0.717, 1.165) is 19.3 Å². The van der Waals surface area contributed by atoms with Crippen molar-refractivity contribution in [1.82, 2.24) is 25.1 Å². The van der Waals surface area contributed by atoms with Gasteiger partial charge in [0.1, 0.15) is 23.2 Å². The number of carbonyl (C=O) groups is 1. The second-order valence-electron chi connectivity index (χ2n) is 6.61. The van der Waals surface area contributed by atoms with Gasteiger partial charge in [-0.15, -0.1) is 10.2 Å². The van der Waals surface area contributed by atoms with E-state index in [1.54, 1.807) is 48.8 Å². The number of benzene rings is 1. The lowest BCUT2D eigenvalue weighted by molar-refractivity contribution is 0.0568. The third-order valence-corrected chi connectivity index (χ3v) is 4.91. The van der Waals surface area contributed by atoms with Crippen LogP contribution in [0, 0.1) is 0 Å². The second kappa shape index (κ2) is 8.26. The molecule has 4 rings (SSSR count). The van der Waals surface area contributed by atoms with Crippen LogP contribution in [0.5, 0.6) is 11.5 Å². The van der Waals surface area contributed by atoms with Gasteiger partial charge in [-0.05, 0) is 37.5 Å². The highest BCUT2D eigenvalue weighted by Crippen LogP contribution is 2.34. The van der Waals surface area contributed by atoms with E-state index in [9.17, 15) is 4.79 Å². The minimum Gasteiger partial charge on any atom is -0.497 e. The molecule has 1 unspecified atom stereocenters. The minimum absolute atomic E-state index is 0.162. The van der Waals surface area contributed by atoms with Crippen LogP contribution in [0.4, 0.5) is 0 Å². The fraction of sp³-hybridized carbons (Fsp3) is 0.350. The molecule has 1 saturated heterocycles. The maximum atomic E-state index is 13.4. The van der Waals surface area contributed by atoms with E-state index in [-0.39, 0.29) is 17.8 Å². The molecule has 0 N–H and O–H groups in total. The van der Waals surface area contributed by atoms with Gasteiger partial charge in [0.05, 0.1) is 26.0 Å². The highest BCUT2D eigenvalue weighted by atomic mass is 16.5. The molecule has 0 aliphatic carbocycles. The standard InChI is InChI=1S/C20H21N5O4/c1-27-13-6-7-17(28-2)14(11-13)20(26)25-10-4-3-5-16(25)19-24-23-18(29-19)15-12-21-8-9-22-15/h6-9,11-12,16H,3-5,10H2,1-2H3. The Morgan fingerprint density at radius 3 is 2.83 bits per heavy atom. The zero-order valence-corrected chi connectivity index (χ0v) is 16.2. The molecule has 3 heterocycles. The number of amides is 1. The van der Waals surface area contributed by atoms with Gasteiger partial charge in [0.25, 0.3) is 11.8 Å². The quantitative estimate of drug-likeness (QED) is 0.650. The summed E-state index contributed by atoms with van der Waals surface area (Å²) in [6.45, 7) is 0.590. The van der Waals surface area contributed by atoms with Gasteiger partial charge in [-0.3, -0.25) is 9.78 Å². The second-order valence-corrected chi connectivity index (χ2v) is 6.61. The lowest BCUT2D eigenvalue weighted by Crippen LogP contribution is -2.38. The van der Waals surface area contributed by atoms with Crippen LogP contribution >= 0.6 is 0 Å². The van der Waals surface area contributed by atoms with E-state index in [0.29, 0.717) is 35.2 Å². The summed E-state index contributed by atoms with van der Waals surface area (Å²) in [6.07, 6.45) is 7.29. The Kier molecular flexibility index (Phi) is 5.37. The van der Waals surface area contributed by atoms with Crippen molar-refractivity contribution in [2.24, 2.45) is 0 Å². The normalized spacial score (nSPS) is 16.5. The molecular formula is C20H21N5O4. The number of piperidine rings is 1. The summed E-state index contributed by atoms with van der Waals surface area (Å²) in [5, 5.41) is 8.27. The van der Waals surface area contributed by atoms with Crippen molar-refractivity contribution in [2.75, 3.05) is 20.8 Å². The molecule has 1 aliphatic rings. The Balaban J connectivity index is 1.65. The molecule has 9 heteroatoms. The topological polar surface area (TPSA) is 103 Å². The first-order chi connectivity index (χ1) is 14.2. The molecule has 0 radical (unpaired) electrons. The third-order valence-electron chi connectivity index (χ3n) is 4.91. The Hall–Kier alpha value is -3.49. The monoisotopic (exact) mass is 395 g/mol. The van der Waals surface area contributed by atoms with Crippen molar-refractivity contribution in [3.05, 3.63) is 48.2 Å². The molecule has 1 fully saturated rings. The SMILES string of the molecule is COc1ccc(OC)c(C(=O)N2CCCCC2c2nnc(-c3cnccn3)o2)c1. The number of rotatable bonds is 5. The summed E-state index contributed by atoms with van der Waals surface area (Å²) in [4.78, 5) is 23.3. The fourth-order valence-corrected chi connectivity index (χ4v) is 3.45. The summed E-state index contributed by atoms with van der Waals surface area (Å²) in [5.41, 5.74) is 0.932. The number of hydrogen-bond donors (Lipinski definition) is 0. The van der Waals surface area contributed by atoms with E-state index < -0.39 is 0 Å². The van der Waals surface area contributed by atoms with Gasteiger partial charge in [-0.25, -0.2) is 4.98 Å². The molecule has 3 aromatic rings. The maximum Gasteiger partial charge on any atom is 0.267 e. The minimum atomic E-state index is -0.315. The molecule has 1 aliphatic heterocycles. The number of nitrogens with zero attached hydrogens (tertiary/aromatic N) is 5. The zero-order valence-electron chi connectivity index (χ0n) is 16.2. The summed E-state index contributed by atoms with van der Waals surface area (Å²) in [5.74, 6) is 1.59. The van der Waals surface area contributed by atoms with E-state index in [2.05, 4.69) is 20.2 Å². The third kappa shape index (κ3) is 3.75. The Morgan fingerprint density at radius 2 is 2.07 bits per heavy atom. The van der Waals surface area contributed by atoms with Crippen molar-refractivity contribution >= 4 is 5.91 Å². The lowest BCUT2D eigenvalue weighted by atomic mass is 10.0. The van der Waals surface area contributed by atoms with Crippen LogP contribution < -0.4 is 9.47 Å². The van der Waals surface area contributed by atoms with Crippen LogP contribution in [0.25, 0.3) is 11.6 Å². The van der Waals surface area contributed by atoms with E-state index in [1.807, 2.05) is 0 Å². The largest absolute Gasteiger partial charge is 0.497 e. The Bertz CT molecular complexity index is 992. The molecule has 1 amide bonds. The molecule has 1 atom stereocenters. The maximum absolute atomic E-state index is 13.4. The van der Waals surface area contributed by atoms with Crippen molar-refractivity contribution < 1.29 is 18.7 Å².